The first-order valence-electron chi connectivity index (χ1n) is 13.7. The van der Waals surface area contributed by atoms with E-state index in [0.29, 0.717) is 54.7 Å². The minimum Gasteiger partial charge on any atom is -0.342 e. The van der Waals surface area contributed by atoms with Gasteiger partial charge in [0.2, 0.25) is 5.91 Å². The van der Waals surface area contributed by atoms with Gasteiger partial charge in [-0.2, -0.15) is 13.2 Å². The van der Waals surface area contributed by atoms with E-state index >= 15 is 0 Å². The number of piperidine rings is 1. The van der Waals surface area contributed by atoms with Crippen molar-refractivity contribution >= 4 is 11.8 Å². The normalized spacial score (nSPS) is 23.2. The second kappa shape index (κ2) is 10.9. The summed E-state index contributed by atoms with van der Waals surface area (Å²) in [6.45, 7) is 8.58. The highest BCUT2D eigenvalue weighted by Gasteiger charge is 2.44. The van der Waals surface area contributed by atoms with Gasteiger partial charge in [0.15, 0.2) is 0 Å². The molecule has 3 aliphatic rings. The molecule has 3 aliphatic heterocycles. The van der Waals surface area contributed by atoms with Crippen molar-refractivity contribution in [3.8, 4) is 0 Å². The molecule has 1 aromatic heterocycles. The van der Waals surface area contributed by atoms with Crippen LogP contribution in [0.1, 0.15) is 53.0 Å². The Morgan fingerprint density at radius 2 is 1.51 bits per heavy atom. The number of benzene rings is 1. The van der Waals surface area contributed by atoms with Crippen LogP contribution in [0, 0.1) is 25.7 Å². The summed E-state index contributed by atoms with van der Waals surface area (Å²) < 4.78 is 38.3. The fraction of sp³-hybridized carbons (Fsp3) is 0.586. The van der Waals surface area contributed by atoms with Gasteiger partial charge in [-0.15, -0.1) is 0 Å². The average Bonchev–Trinajstić information content (AvgIpc) is 3.46. The smallest absolute Gasteiger partial charge is 0.342 e. The Hall–Kier alpha value is -3.01. The van der Waals surface area contributed by atoms with Gasteiger partial charge in [-0.05, 0) is 62.5 Å². The molecule has 4 heterocycles. The molecule has 0 saturated carbocycles. The minimum atomic E-state index is -4.48. The maximum absolute atomic E-state index is 13.2. The van der Waals surface area contributed by atoms with Crippen molar-refractivity contribution < 1.29 is 22.8 Å². The highest BCUT2D eigenvalue weighted by molar-refractivity contribution is 5.96. The molecule has 0 spiro atoms. The highest BCUT2D eigenvalue weighted by Crippen LogP contribution is 2.40. The molecule has 2 atom stereocenters. The predicted octanol–water partition coefficient (Wildman–Crippen LogP) is 4.00. The van der Waals surface area contributed by atoms with Crippen LogP contribution in [-0.4, -0.2) is 88.5 Å². The van der Waals surface area contributed by atoms with Crippen molar-refractivity contribution in [1.82, 2.24) is 24.7 Å². The number of halogens is 3. The zero-order valence-corrected chi connectivity index (χ0v) is 22.6. The van der Waals surface area contributed by atoms with E-state index in [0.717, 1.165) is 39.1 Å². The average molecular weight is 544 g/mol. The molecule has 2 unspecified atom stereocenters. The number of alkyl halides is 3. The maximum atomic E-state index is 13.2. The number of aromatic nitrogens is 2. The third-order valence-corrected chi connectivity index (χ3v) is 9.01. The van der Waals surface area contributed by atoms with E-state index in [4.69, 9.17) is 0 Å². The molecular weight excluding hydrogens is 507 g/mol. The molecule has 7 nitrogen and oxygen atoms in total. The van der Waals surface area contributed by atoms with E-state index in [1.807, 2.05) is 36.9 Å². The van der Waals surface area contributed by atoms with Crippen molar-refractivity contribution in [1.29, 1.82) is 0 Å². The molecule has 210 valence electrons. The van der Waals surface area contributed by atoms with Crippen LogP contribution in [-0.2, 0) is 10.2 Å². The monoisotopic (exact) mass is 543 g/mol. The number of fused-ring (bicyclic) bond motifs is 1. The SMILES string of the molecule is Cc1ncnc(C)c1C(=O)N1CC2CN(CCC3(c4ccccc4)CCN(C(=O)CC(F)(F)F)CC3)CC2C1. The molecule has 2 aromatic rings. The lowest BCUT2D eigenvalue weighted by molar-refractivity contribution is -0.162. The number of carbonyl (C=O) groups excluding carboxylic acids is 2. The van der Waals surface area contributed by atoms with Gasteiger partial charge in [0.1, 0.15) is 12.7 Å². The lowest BCUT2D eigenvalue weighted by Gasteiger charge is -2.43. The van der Waals surface area contributed by atoms with E-state index in [1.165, 1.54) is 16.8 Å². The van der Waals surface area contributed by atoms with Gasteiger partial charge < -0.3 is 14.7 Å². The Labute approximate surface area is 227 Å². The lowest BCUT2D eigenvalue weighted by atomic mass is 9.70. The Bertz CT molecular complexity index is 1160. The van der Waals surface area contributed by atoms with E-state index in [9.17, 15) is 22.8 Å². The van der Waals surface area contributed by atoms with Gasteiger partial charge in [-0.3, -0.25) is 9.59 Å². The summed E-state index contributed by atoms with van der Waals surface area (Å²) in [6, 6.07) is 10.2. The quantitative estimate of drug-likeness (QED) is 0.551. The van der Waals surface area contributed by atoms with E-state index in [-0.39, 0.29) is 11.3 Å². The summed E-state index contributed by atoms with van der Waals surface area (Å²) in [5, 5.41) is 0. The number of likely N-dealkylation sites (tertiary alicyclic amines) is 3. The first kappa shape index (κ1) is 27.6. The number of amides is 2. The van der Waals surface area contributed by atoms with Crippen LogP contribution < -0.4 is 0 Å². The third-order valence-electron chi connectivity index (χ3n) is 9.01. The number of carbonyl (C=O) groups is 2. The molecule has 3 fully saturated rings. The lowest BCUT2D eigenvalue weighted by Crippen LogP contribution is -2.47. The number of nitrogens with zero attached hydrogens (tertiary/aromatic N) is 5. The fourth-order valence-corrected chi connectivity index (χ4v) is 6.81. The molecule has 3 saturated heterocycles. The second-order valence-electron chi connectivity index (χ2n) is 11.5. The summed E-state index contributed by atoms with van der Waals surface area (Å²) in [7, 11) is 0. The summed E-state index contributed by atoms with van der Waals surface area (Å²) in [6.07, 6.45) is -2.18. The van der Waals surface area contributed by atoms with E-state index in [1.54, 1.807) is 0 Å². The number of hydrogen-bond acceptors (Lipinski definition) is 5. The zero-order valence-electron chi connectivity index (χ0n) is 22.6. The van der Waals surface area contributed by atoms with Crippen molar-refractivity contribution in [2.45, 2.75) is 51.1 Å². The fourth-order valence-electron chi connectivity index (χ4n) is 6.81. The molecular formula is C29H36F3N5O2. The van der Waals surface area contributed by atoms with Gasteiger partial charge in [0.25, 0.3) is 5.91 Å². The Morgan fingerprint density at radius 1 is 0.923 bits per heavy atom. The summed E-state index contributed by atoms with van der Waals surface area (Å²) >= 11 is 0. The Balaban J connectivity index is 1.19. The Morgan fingerprint density at radius 3 is 2.08 bits per heavy atom. The van der Waals surface area contributed by atoms with Crippen LogP contribution in [0.3, 0.4) is 0 Å². The van der Waals surface area contributed by atoms with E-state index in [2.05, 4.69) is 27.0 Å². The first-order valence-corrected chi connectivity index (χ1v) is 13.7. The van der Waals surface area contributed by atoms with Crippen molar-refractivity contribution in [3.63, 3.8) is 0 Å². The topological polar surface area (TPSA) is 69.6 Å². The van der Waals surface area contributed by atoms with Gasteiger partial charge in [0.05, 0.1) is 17.0 Å². The predicted molar refractivity (Wildman–Crippen MR) is 140 cm³/mol. The highest BCUT2D eigenvalue weighted by atomic mass is 19.4. The molecule has 0 aliphatic carbocycles. The molecule has 5 rings (SSSR count). The van der Waals surface area contributed by atoms with Crippen LogP contribution in [0.4, 0.5) is 13.2 Å². The van der Waals surface area contributed by atoms with Crippen LogP contribution in [0.5, 0.6) is 0 Å². The van der Waals surface area contributed by atoms with Crippen molar-refractivity contribution in [2.75, 3.05) is 45.8 Å². The molecule has 2 amide bonds. The zero-order chi connectivity index (χ0) is 27.8. The first-order chi connectivity index (χ1) is 18.5. The molecule has 0 N–H and O–H groups in total. The van der Waals surface area contributed by atoms with Gasteiger partial charge in [-0.25, -0.2) is 9.97 Å². The maximum Gasteiger partial charge on any atom is 0.397 e. The number of aryl methyl sites for hydroxylation is 2. The van der Waals surface area contributed by atoms with Crippen LogP contribution in [0.15, 0.2) is 36.7 Å². The largest absolute Gasteiger partial charge is 0.397 e. The van der Waals surface area contributed by atoms with Crippen molar-refractivity contribution in [3.05, 3.63) is 59.2 Å². The van der Waals surface area contributed by atoms with Crippen molar-refractivity contribution in [2.24, 2.45) is 11.8 Å². The molecule has 0 radical (unpaired) electrons. The van der Waals surface area contributed by atoms with Crippen LogP contribution in [0.2, 0.25) is 0 Å². The van der Waals surface area contributed by atoms with Gasteiger partial charge in [-0.1, -0.05) is 30.3 Å². The molecule has 0 bridgehead atoms. The molecule has 39 heavy (non-hydrogen) atoms. The summed E-state index contributed by atoms with van der Waals surface area (Å²) in [5.41, 5.74) is 3.06. The molecule has 10 heteroatoms. The standard InChI is InChI=1S/C29H36F3N5O2/c1-20-26(21(2)34-19-33-20)27(39)37-17-22-15-35(16-23(22)18-37)11-8-28(24-6-4-3-5-7-24)9-12-36(13-10-28)25(38)14-29(30,31)32/h3-7,19,22-23H,8-18H2,1-2H3. The minimum absolute atomic E-state index is 0.0152. The summed E-state index contributed by atoms with van der Waals surface area (Å²) in [4.78, 5) is 39.6. The van der Waals surface area contributed by atoms with Gasteiger partial charge in [0, 0.05) is 39.3 Å². The second-order valence-corrected chi connectivity index (χ2v) is 11.5. The van der Waals surface area contributed by atoms with Gasteiger partial charge >= 0.3 is 6.18 Å². The van der Waals surface area contributed by atoms with E-state index < -0.39 is 18.5 Å². The van der Waals surface area contributed by atoms with Crippen LogP contribution in [0.25, 0.3) is 0 Å². The number of hydrogen-bond donors (Lipinski definition) is 0. The molecule has 1 aromatic carbocycles. The number of rotatable bonds is 6. The summed E-state index contributed by atoms with van der Waals surface area (Å²) in [5.74, 6) is 0.0342. The third kappa shape index (κ3) is 5.95. The van der Waals surface area contributed by atoms with Crippen LogP contribution >= 0.6 is 0 Å². The Kier molecular flexibility index (Phi) is 7.68.